The van der Waals surface area contributed by atoms with E-state index < -0.39 is 0 Å². The average Bonchev–Trinajstić information content (AvgIpc) is 3.06. The number of para-hydroxylation sites is 2. The largest absolute Gasteiger partial charge is 0.490 e. The van der Waals surface area contributed by atoms with Crippen LogP contribution in [-0.4, -0.2) is 16.0 Å². The number of nitrogens with zero attached hydrogens (tertiary/aromatic N) is 2. The SMILES string of the molecule is CCCOc1ccccc1Oc1nc2sccn2c1CCl. The summed E-state index contributed by atoms with van der Waals surface area (Å²) in [7, 11) is 0. The van der Waals surface area contributed by atoms with E-state index in [0.29, 0.717) is 24.1 Å². The number of aromatic nitrogens is 2. The summed E-state index contributed by atoms with van der Waals surface area (Å²) in [6.07, 6.45) is 2.89. The zero-order chi connectivity index (χ0) is 14.7. The lowest BCUT2D eigenvalue weighted by Gasteiger charge is -2.11. The molecule has 0 fully saturated rings. The molecule has 0 atom stereocenters. The van der Waals surface area contributed by atoms with E-state index in [2.05, 4.69) is 11.9 Å². The molecule has 0 N–H and O–H groups in total. The van der Waals surface area contributed by atoms with Crippen LogP contribution in [0.3, 0.4) is 0 Å². The maximum Gasteiger partial charge on any atom is 0.243 e. The normalized spacial score (nSPS) is 11.0. The molecule has 6 heteroatoms. The van der Waals surface area contributed by atoms with Crippen molar-refractivity contribution in [2.45, 2.75) is 19.2 Å². The third-order valence-corrected chi connectivity index (χ3v) is 3.98. The van der Waals surface area contributed by atoms with Gasteiger partial charge in [-0.1, -0.05) is 19.1 Å². The molecule has 1 aromatic carbocycles. The first kappa shape index (κ1) is 14.2. The van der Waals surface area contributed by atoms with Gasteiger partial charge in [-0.3, -0.25) is 4.40 Å². The van der Waals surface area contributed by atoms with Crippen molar-refractivity contribution in [2.24, 2.45) is 0 Å². The number of benzene rings is 1. The number of ether oxygens (including phenoxy) is 2. The van der Waals surface area contributed by atoms with Crippen molar-refractivity contribution in [1.82, 2.24) is 9.38 Å². The lowest BCUT2D eigenvalue weighted by molar-refractivity contribution is 0.300. The van der Waals surface area contributed by atoms with Crippen LogP contribution in [0, 0.1) is 0 Å². The Morgan fingerprint density at radius 2 is 2.10 bits per heavy atom. The molecule has 0 aliphatic rings. The van der Waals surface area contributed by atoms with Gasteiger partial charge in [0.05, 0.1) is 12.5 Å². The number of fused-ring (bicyclic) bond motifs is 1. The molecule has 110 valence electrons. The van der Waals surface area contributed by atoms with Crippen molar-refractivity contribution in [3.05, 3.63) is 41.5 Å². The zero-order valence-corrected chi connectivity index (χ0v) is 13.2. The van der Waals surface area contributed by atoms with Crippen molar-refractivity contribution < 1.29 is 9.47 Å². The molecule has 0 aliphatic heterocycles. The van der Waals surface area contributed by atoms with Crippen LogP contribution in [-0.2, 0) is 5.88 Å². The first-order valence-corrected chi connectivity index (χ1v) is 8.15. The number of thiazole rings is 1. The van der Waals surface area contributed by atoms with Gasteiger partial charge in [0.25, 0.3) is 0 Å². The van der Waals surface area contributed by atoms with E-state index in [1.54, 1.807) is 11.3 Å². The van der Waals surface area contributed by atoms with Gasteiger partial charge in [-0.05, 0) is 18.6 Å². The fourth-order valence-electron chi connectivity index (χ4n) is 1.99. The van der Waals surface area contributed by atoms with Crippen LogP contribution in [0.25, 0.3) is 4.96 Å². The van der Waals surface area contributed by atoms with E-state index in [-0.39, 0.29) is 0 Å². The molecule has 0 bridgehead atoms. The second kappa shape index (κ2) is 6.37. The molecule has 21 heavy (non-hydrogen) atoms. The van der Waals surface area contributed by atoms with Crippen molar-refractivity contribution in [3.63, 3.8) is 0 Å². The predicted octanol–water partition coefficient (Wildman–Crippen LogP) is 4.72. The molecule has 2 heterocycles. The fraction of sp³-hybridized carbons (Fsp3) is 0.267. The highest BCUT2D eigenvalue weighted by Gasteiger charge is 2.16. The summed E-state index contributed by atoms with van der Waals surface area (Å²) in [5.41, 5.74) is 0.846. The molecule has 3 aromatic rings. The number of imidazole rings is 1. The van der Waals surface area contributed by atoms with Crippen LogP contribution in [0.15, 0.2) is 35.8 Å². The van der Waals surface area contributed by atoms with E-state index in [9.17, 15) is 0 Å². The number of hydrogen-bond donors (Lipinski definition) is 0. The number of alkyl halides is 1. The van der Waals surface area contributed by atoms with Crippen LogP contribution in [0.5, 0.6) is 17.4 Å². The third-order valence-electron chi connectivity index (χ3n) is 2.97. The molecule has 0 aliphatic carbocycles. The summed E-state index contributed by atoms with van der Waals surface area (Å²) in [6, 6.07) is 7.60. The highest BCUT2D eigenvalue weighted by molar-refractivity contribution is 7.15. The van der Waals surface area contributed by atoms with Crippen LogP contribution < -0.4 is 9.47 Å². The van der Waals surface area contributed by atoms with Crippen LogP contribution >= 0.6 is 22.9 Å². The van der Waals surface area contributed by atoms with E-state index in [4.69, 9.17) is 21.1 Å². The number of halogens is 1. The zero-order valence-electron chi connectivity index (χ0n) is 11.6. The second-order valence-electron chi connectivity index (χ2n) is 4.45. The molecular formula is C15H15ClN2O2S. The van der Waals surface area contributed by atoms with Crippen LogP contribution in [0.1, 0.15) is 19.0 Å². The van der Waals surface area contributed by atoms with Gasteiger partial charge >= 0.3 is 0 Å². The second-order valence-corrected chi connectivity index (χ2v) is 5.59. The minimum Gasteiger partial charge on any atom is -0.490 e. The molecule has 3 rings (SSSR count). The number of rotatable bonds is 6. The number of hydrogen-bond acceptors (Lipinski definition) is 4. The predicted molar refractivity (Wildman–Crippen MR) is 84.9 cm³/mol. The topological polar surface area (TPSA) is 35.8 Å². The first-order valence-electron chi connectivity index (χ1n) is 6.73. The van der Waals surface area contributed by atoms with Crippen LogP contribution in [0.2, 0.25) is 0 Å². The van der Waals surface area contributed by atoms with Gasteiger partial charge < -0.3 is 9.47 Å². The maximum absolute atomic E-state index is 6.03. The lowest BCUT2D eigenvalue weighted by Crippen LogP contribution is -1.98. The van der Waals surface area contributed by atoms with Crippen molar-refractivity contribution in [2.75, 3.05) is 6.61 Å². The molecule has 0 radical (unpaired) electrons. The lowest BCUT2D eigenvalue weighted by atomic mass is 10.3. The van der Waals surface area contributed by atoms with Crippen molar-refractivity contribution >= 4 is 27.9 Å². The molecule has 2 aromatic heterocycles. The summed E-state index contributed by atoms with van der Waals surface area (Å²) in [5, 5.41) is 1.97. The molecular weight excluding hydrogens is 308 g/mol. The summed E-state index contributed by atoms with van der Waals surface area (Å²) in [4.78, 5) is 5.35. The molecule has 0 saturated carbocycles. The van der Waals surface area contributed by atoms with Gasteiger partial charge in [0.15, 0.2) is 16.5 Å². The molecule has 0 saturated heterocycles. The average molecular weight is 323 g/mol. The van der Waals surface area contributed by atoms with Gasteiger partial charge in [0, 0.05) is 11.6 Å². The summed E-state index contributed by atoms with van der Waals surface area (Å²) < 4.78 is 13.6. The Labute approximate surface area is 131 Å². The minimum atomic E-state index is 0.339. The highest BCUT2D eigenvalue weighted by Crippen LogP contribution is 2.34. The van der Waals surface area contributed by atoms with Crippen molar-refractivity contribution in [3.8, 4) is 17.4 Å². The molecule has 0 amide bonds. The minimum absolute atomic E-state index is 0.339. The molecule has 0 spiro atoms. The maximum atomic E-state index is 6.03. The Hall–Kier alpha value is -1.72. The molecule has 4 nitrogen and oxygen atoms in total. The van der Waals surface area contributed by atoms with Gasteiger partial charge in [-0.15, -0.1) is 22.9 Å². The quantitative estimate of drug-likeness (QED) is 0.616. The summed E-state index contributed by atoms with van der Waals surface area (Å²) in [5.74, 6) is 2.24. The first-order chi connectivity index (χ1) is 10.3. The standard InChI is InChI=1S/C15H15ClN2O2S/c1-2-8-19-12-5-3-4-6-13(12)20-14-11(10-16)18-7-9-21-15(18)17-14/h3-7,9H,2,8,10H2,1H3. The van der Waals surface area contributed by atoms with Gasteiger partial charge in [-0.2, -0.15) is 4.98 Å². The van der Waals surface area contributed by atoms with E-state index >= 15 is 0 Å². The van der Waals surface area contributed by atoms with E-state index in [0.717, 1.165) is 22.8 Å². The summed E-state index contributed by atoms with van der Waals surface area (Å²) >= 11 is 7.58. The molecule has 0 unspecified atom stereocenters. The highest BCUT2D eigenvalue weighted by atomic mass is 35.5. The van der Waals surface area contributed by atoms with E-state index in [1.165, 1.54) is 0 Å². The Kier molecular flexibility index (Phi) is 4.31. The Morgan fingerprint density at radius 1 is 1.29 bits per heavy atom. The Morgan fingerprint density at radius 3 is 2.86 bits per heavy atom. The van der Waals surface area contributed by atoms with Gasteiger partial charge in [-0.25, -0.2) is 0 Å². The smallest absolute Gasteiger partial charge is 0.243 e. The Balaban J connectivity index is 1.93. The van der Waals surface area contributed by atoms with Gasteiger partial charge in [0.2, 0.25) is 5.88 Å². The van der Waals surface area contributed by atoms with Crippen molar-refractivity contribution in [1.29, 1.82) is 0 Å². The van der Waals surface area contributed by atoms with E-state index in [1.807, 2.05) is 40.2 Å². The third kappa shape index (κ3) is 2.84. The summed E-state index contributed by atoms with van der Waals surface area (Å²) in [6.45, 7) is 2.72. The fourth-order valence-corrected chi connectivity index (χ4v) is 2.95. The monoisotopic (exact) mass is 322 g/mol. The van der Waals surface area contributed by atoms with Crippen LogP contribution in [0.4, 0.5) is 0 Å². The van der Waals surface area contributed by atoms with Gasteiger partial charge in [0.1, 0.15) is 5.69 Å². The Bertz CT molecular complexity index is 738.